The lowest BCUT2D eigenvalue weighted by atomic mass is 10.1. The van der Waals surface area contributed by atoms with Gasteiger partial charge < -0.3 is 9.47 Å². The molecule has 98 valence electrons. The standard InChI is InChI=1S/C16H16O2S/c1-17-12-7-8-14-15(11-12)18-10-9-16(14)19-13-5-3-2-4-6-13/h2-8,11,16H,9-10H2,1H3. The van der Waals surface area contributed by atoms with Gasteiger partial charge in [-0.05, 0) is 24.6 Å². The summed E-state index contributed by atoms with van der Waals surface area (Å²) in [6.07, 6.45) is 1.04. The van der Waals surface area contributed by atoms with Crippen LogP contribution in [0.15, 0.2) is 53.4 Å². The molecule has 0 fully saturated rings. The normalized spacial score (nSPS) is 17.4. The molecule has 0 aromatic heterocycles. The first-order chi connectivity index (χ1) is 9.36. The van der Waals surface area contributed by atoms with Crippen LogP contribution in [0.5, 0.6) is 11.5 Å². The number of benzene rings is 2. The van der Waals surface area contributed by atoms with Crippen LogP contribution in [0.2, 0.25) is 0 Å². The minimum Gasteiger partial charge on any atom is -0.497 e. The zero-order valence-corrected chi connectivity index (χ0v) is 11.7. The van der Waals surface area contributed by atoms with E-state index < -0.39 is 0 Å². The Kier molecular flexibility index (Phi) is 3.65. The molecule has 0 aliphatic carbocycles. The average molecular weight is 272 g/mol. The predicted octanol–water partition coefficient (Wildman–Crippen LogP) is 4.31. The third-order valence-corrected chi connectivity index (χ3v) is 4.55. The average Bonchev–Trinajstić information content (AvgIpc) is 2.48. The SMILES string of the molecule is COc1ccc2c(c1)OCCC2Sc1ccccc1. The van der Waals surface area contributed by atoms with E-state index in [9.17, 15) is 0 Å². The number of ether oxygens (including phenoxy) is 2. The fraction of sp³-hybridized carbons (Fsp3) is 0.250. The molecule has 1 heterocycles. The van der Waals surface area contributed by atoms with E-state index in [-0.39, 0.29) is 0 Å². The zero-order chi connectivity index (χ0) is 13.1. The number of rotatable bonds is 3. The Bertz CT molecular complexity index is 554. The Hall–Kier alpha value is -1.61. The maximum atomic E-state index is 5.74. The molecule has 19 heavy (non-hydrogen) atoms. The van der Waals surface area contributed by atoms with Gasteiger partial charge in [0.2, 0.25) is 0 Å². The Morgan fingerprint density at radius 2 is 2.00 bits per heavy atom. The zero-order valence-electron chi connectivity index (χ0n) is 10.8. The third kappa shape index (κ3) is 2.71. The van der Waals surface area contributed by atoms with E-state index in [2.05, 4.69) is 30.3 Å². The molecule has 2 aromatic rings. The van der Waals surface area contributed by atoms with Crippen LogP contribution in [0.25, 0.3) is 0 Å². The third-order valence-electron chi connectivity index (χ3n) is 3.23. The molecule has 0 radical (unpaired) electrons. The van der Waals surface area contributed by atoms with Crippen molar-refractivity contribution in [1.82, 2.24) is 0 Å². The lowest BCUT2D eigenvalue weighted by Gasteiger charge is -2.25. The summed E-state index contributed by atoms with van der Waals surface area (Å²) in [6, 6.07) is 16.6. The van der Waals surface area contributed by atoms with Gasteiger partial charge >= 0.3 is 0 Å². The van der Waals surface area contributed by atoms with Gasteiger partial charge in [-0.2, -0.15) is 0 Å². The Morgan fingerprint density at radius 1 is 1.16 bits per heavy atom. The molecule has 1 aliphatic heterocycles. The predicted molar refractivity (Wildman–Crippen MR) is 78.1 cm³/mol. The first-order valence-electron chi connectivity index (χ1n) is 6.39. The topological polar surface area (TPSA) is 18.5 Å². The Labute approximate surface area is 117 Å². The largest absolute Gasteiger partial charge is 0.497 e. The van der Waals surface area contributed by atoms with E-state index in [4.69, 9.17) is 9.47 Å². The summed E-state index contributed by atoms with van der Waals surface area (Å²) in [5.74, 6) is 1.81. The van der Waals surface area contributed by atoms with Crippen LogP contribution < -0.4 is 9.47 Å². The van der Waals surface area contributed by atoms with Crippen molar-refractivity contribution < 1.29 is 9.47 Å². The van der Waals surface area contributed by atoms with Crippen molar-refractivity contribution in [1.29, 1.82) is 0 Å². The quantitative estimate of drug-likeness (QED) is 0.829. The number of hydrogen-bond acceptors (Lipinski definition) is 3. The molecule has 1 unspecified atom stereocenters. The fourth-order valence-corrected chi connectivity index (χ4v) is 3.43. The number of thioether (sulfide) groups is 1. The van der Waals surface area contributed by atoms with Gasteiger partial charge in [-0.3, -0.25) is 0 Å². The van der Waals surface area contributed by atoms with Crippen LogP contribution in [-0.4, -0.2) is 13.7 Å². The molecule has 2 aromatic carbocycles. The number of fused-ring (bicyclic) bond motifs is 1. The first-order valence-corrected chi connectivity index (χ1v) is 7.27. The maximum absolute atomic E-state index is 5.74. The highest BCUT2D eigenvalue weighted by atomic mass is 32.2. The summed E-state index contributed by atoms with van der Waals surface area (Å²) in [5, 5.41) is 0.456. The van der Waals surface area contributed by atoms with Gasteiger partial charge in [-0.15, -0.1) is 11.8 Å². The monoisotopic (exact) mass is 272 g/mol. The molecule has 2 nitrogen and oxygen atoms in total. The summed E-state index contributed by atoms with van der Waals surface area (Å²) in [7, 11) is 1.68. The van der Waals surface area contributed by atoms with Gasteiger partial charge in [0, 0.05) is 21.8 Å². The van der Waals surface area contributed by atoms with Gasteiger partial charge in [0.05, 0.1) is 13.7 Å². The van der Waals surface area contributed by atoms with Crippen LogP contribution in [0.4, 0.5) is 0 Å². The molecule has 0 amide bonds. The number of hydrogen-bond donors (Lipinski definition) is 0. The van der Waals surface area contributed by atoms with Crippen molar-refractivity contribution in [3.8, 4) is 11.5 Å². The van der Waals surface area contributed by atoms with Crippen LogP contribution in [-0.2, 0) is 0 Å². The first kappa shape index (κ1) is 12.4. The molecule has 0 spiro atoms. The molecule has 3 rings (SSSR count). The maximum Gasteiger partial charge on any atom is 0.127 e. The van der Waals surface area contributed by atoms with E-state index >= 15 is 0 Å². The second-order valence-electron chi connectivity index (χ2n) is 4.46. The van der Waals surface area contributed by atoms with Crippen LogP contribution >= 0.6 is 11.8 Å². The van der Waals surface area contributed by atoms with Crippen molar-refractivity contribution in [2.24, 2.45) is 0 Å². The summed E-state index contributed by atoms with van der Waals surface area (Å²) < 4.78 is 11.0. The van der Waals surface area contributed by atoms with Crippen molar-refractivity contribution in [2.75, 3.05) is 13.7 Å². The van der Waals surface area contributed by atoms with Crippen molar-refractivity contribution in [3.63, 3.8) is 0 Å². The van der Waals surface area contributed by atoms with E-state index in [0.29, 0.717) is 5.25 Å². The Balaban J connectivity index is 1.86. The van der Waals surface area contributed by atoms with E-state index in [0.717, 1.165) is 24.5 Å². The van der Waals surface area contributed by atoms with Crippen molar-refractivity contribution >= 4 is 11.8 Å². The fourth-order valence-electron chi connectivity index (χ4n) is 2.25. The second kappa shape index (κ2) is 5.57. The molecule has 1 atom stereocenters. The highest BCUT2D eigenvalue weighted by Crippen LogP contribution is 2.45. The molecule has 0 bridgehead atoms. The lowest BCUT2D eigenvalue weighted by molar-refractivity contribution is 0.284. The van der Waals surface area contributed by atoms with Crippen LogP contribution in [0.3, 0.4) is 0 Å². The molecule has 0 saturated carbocycles. The summed E-state index contributed by atoms with van der Waals surface area (Å²) in [5.41, 5.74) is 1.26. The summed E-state index contributed by atoms with van der Waals surface area (Å²) in [6.45, 7) is 0.769. The lowest BCUT2D eigenvalue weighted by Crippen LogP contribution is -2.12. The van der Waals surface area contributed by atoms with Gasteiger partial charge in [0.1, 0.15) is 11.5 Å². The minimum absolute atomic E-state index is 0.456. The smallest absolute Gasteiger partial charge is 0.127 e. The summed E-state index contributed by atoms with van der Waals surface area (Å²) in [4.78, 5) is 1.30. The van der Waals surface area contributed by atoms with Gasteiger partial charge in [-0.25, -0.2) is 0 Å². The van der Waals surface area contributed by atoms with Gasteiger partial charge in [0.15, 0.2) is 0 Å². The summed E-state index contributed by atoms with van der Waals surface area (Å²) >= 11 is 1.90. The molecule has 0 saturated heterocycles. The van der Waals surface area contributed by atoms with E-state index in [1.54, 1.807) is 7.11 Å². The molecular weight excluding hydrogens is 256 g/mol. The van der Waals surface area contributed by atoms with Crippen LogP contribution in [0.1, 0.15) is 17.2 Å². The van der Waals surface area contributed by atoms with Crippen LogP contribution in [0, 0.1) is 0 Å². The molecule has 1 aliphatic rings. The highest BCUT2D eigenvalue weighted by molar-refractivity contribution is 7.99. The molecular formula is C16H16O2S. The van der Waals surface area contributed by atoms with Gasteiger partial charge in [-0.1, -0.05) is 24.3 Å². The molecule has 3 heteroatoms. The Morgan fingerprint density at radius 3 is 2.79 bits per heavy atom. The van der Waals surface area contributed by atoms with E-state index in [1.165, 1.54) is 10.5 Å². The van der Waals surface area contributed by atoms with E-state index in [1.807, 2.05) is 30.0 Å². The second-order valence-corrected chi connectivity index (χ2v) is 5.74. The van der Waals surface area contributed by atoms with Gasteiger partial charge in [0.25, 0.3) is 0 Å². The highest BCUT2D eigenvalue weighted by Gasteiger charge is 2.22. The van der Waals surface area contributed by atoms with Crippen molar-refractivity contribution in [3.05, 3.63) is 54.1 Å². The molecule has 0 N–H and O–H groups in total. The number of methoxy groups -OCH3 is 1. The van der Waals surface area contributed by atoms with Crippen molar-refractivity contribution in [2.45, 2.75) is 16.6 Å². The minimum atomic E-state index is 0.456.